The molecule has 0 fully saturated rings. The smallest absolute Gasteiger partial charge is 0.275 e. The van der Waals surface area contributed by atoms with Crippen LogP contribution >= 0.6 is 11.3 Å². The predicted octanol–water partition coefficient (Wildman–Crippen LogP) is 3.30. The fraction of sp³-hybridized carbons (Fsp3) is 0.143. The molecule has 9 heteroatoms. The molecule has 0 aliphatic heterocycles. The first kappa shape index (κ1) is 19.6. The van der Waals surface area contributed by atoms with E-state index in [4.69, 9.17) is 9.47 Å². The average Bonchev–Trinajstić information content (AvgIpc) is 3.14. The first-order valence-corrected chi connectivity index (χ1v) is 9.88. The van der Waals surface area contributed by atoms with E-state index in [9.17, 15) is 9.59 Å². The lowest BCUT2D eigenvalue weighted by Crippen LogP contribution is -2.16. The second-order valence-electron chi connectivity index (χ2n) is 6.40. The molecule has 0 aliphatic rings. The summed E-state index contributed by atoms with van der Waals surface area (Å²) in [6.45, 7) is 1.98. The monoisotopic (exact) mass is 422 g/mol. The summed E-state index contributed by atoms with van der Waals surface area (Å²) < 4.78 is 12.1. The number of aromatic nitrogens is 3. The molecule has 0 spiro atoms. The highest BCUT2D eigenvalue weighted by molar-refractivity contribution is 7.16. The summed E-state index contributed by atoms with van der Waals surface area (Å²) >= 11 is 1.35. The third-order valence-corrected chi connectivity index (χ3v) is 5.07. The average molecular weight is 422 g/mol. The quantitative estimate of drug-likeness (QED) is 0.512. The Labute approximate surface area is 175 Å². The highest BCUT2D eigenvalue weighted by Crippen LogP contribution is 2.19. The van der Waals surface area contributed by atoms with Crippen LogP contribution in [0.1, 0.15) is 21.1 Å². The van der Waals surface area contributed by atoms with E-state index in [0.29, 0.717) is 33.4 Å². The predicted molar refractivity (Wildman–Crippen MR) is 114 cm³/mol. The zero-order valence-corrected chi connectivity index (χ0v) is 17.1. The molecule has 0 bridgehead atoms. The van der Waals surface area contributed by atoms with Gasteiger partial charge in [-0.25, -0.2) is 4.98 Å². The number of rotatable bonds is 6. The van der Waals surface area contributed by atoms with Gasteiger partial charge < -0.3 is 14.8 Å². The molecule has 8 nitrogen and oxygen atoms in total. The molecule has 152 valence electrons. The van der Waals surface area contributed by atoms with Gasteiger partial charge in [-0.05, 0) is 55.5 Å². The fourth-order valence-electron chi connectivity index (χ4n) is 2.76. The van der Waals surface area contributed by atoms with Gasteiger partial charge >= 0.3 is 0 Å². The Kier molecular flexibility index (Phi) is 5.44. The molecule has 2 aromatic carbocycles. The first-order chi connectivity index (χ1) is 14.5. The van der Waals surface area contributed by atoms with E-state index < -0.39 is 0 Å². The topological polar surface area (TPSA) is 94.8 Å². The second kappa shape index (κ2) is 8.34. The largest absolute Gasteiger partial charge is 0.497 e. The van der Waals surface area contributed by atoms with Crippen molar-refractivity contribution in [1.82, 2.24) is 14.6 Å². The summed E-state index contributed by atoms with van der Waals surface area (Å²) in [5.41, 5.74) is 1.46. The molecule has 0 aliphatic carbocycles. The number of carbonyl (C=O) groups excluding carboxylic acids is 1. The van der Waals surface area contributed by atoms with Crippen LogP contribution in [0.2, 0.25) is 0 Å². The van der Waals surface area contributed by atoms with Crippen molar-refractivity contribution in [2.45, 2.75) is 13.5 Å². The molecule has 1 N–H and O–H groups in total. The summed E-state index contributed by atoms with van der Waals surface area (Å²) in [7, 11) is 1.58. The minimum atomic E-state index is -0.237. The van der Waals surface area contributed by atoms with Crippen molar-refractivity contribution in [2.24, 2.45) is 0 Å². The summed E-state index contributed by atoms with van der Waals surface area (Å²) in [4.78, 5) is 29.4. The van der Waals surface area contributed by atoms with Crippen molar-refractivity contribution in [3.05, 3.63) is 81.2 Å². The van der Waals surface area contributed by atoms with Gasteiger partial charge in [0.2, 0.25) is 4.96 Å². The molecule has 0 saturated carbocycles. The van der Waals surface area contributed by atoms with Crippen LogP contribution in [0.3, 0.4) is 0 Å². The van der Waals surface area contributed by atoms with Crippen LogP contribution in [0.15, 0.2) is 59.4 Å². The number of amides is 1. The van der Waals surface area contributed by atoms with Crippen molar-refractivity contribution in [3.8, 4) is 11.5 Å². The molecule has 0 unspecified atom stereocenters. The van der Waals surface area contributed by atoms with E-state index in [1.54, 1.807) is 55.6 Å². The Morgan fingerprint density at radius 2 is 1.80 bits per heavy atom. The number of methoxy groups -OCH3 is 1. The zero-order chi connectivity index (χ0) is 21.1. The Hall–Kier alpha value is -3.72. The molecular weight excluding hydrogens is 404 g/mol. The first-order valence-electron chi connectivity index (χ1n) is 9.06. The van der Waals surface area contributed by atoms with Crippen LogP contribution in [0.25, 0.3) is 4.96 Å². The number of nitrogens with zero attached hydrogens (tertiary/aromatic N) is 3. The molecule has 0 saturated heterocycles. The highest BCUT2D eigenvalue weighted by atomic mass is 32.1. The molecule has 0 atom stereocenters. The molecule has 1 amide bonds. The number of hydrogen-bond donors (Lipinski definition) is 1. The van der Waals surface area contributed by atoms with Gasteiger partial charge in [0.15, 0.2) is 0 Å². The van der Waals surface area contributed by atoms with Gasteiger partial charge in [0.1, 0.15) is 23.1 Å². The van der Waals surface area contributed by atoms with Gasteiger partial charge in [-0.2, -0.15) is 9.61 Å². The van der Waals surface area contributed by atoms with E-state index in [2.05, 4.69) is 15.4 Å². The lowest BCUT2D eigenvalue weighted by atomic mass is 10.2. The Morgan fingerprint density at radius 3 is 2.50 bits per heavy atom. The molecule has 30 heavy (non-hydrogen) atoms. The third kappa shape index (κ3) is 4.31. The number of ether oxygens (including phenoxy) is 2. The fourth-order valence-corrected chi connectivity index (χ4v) is 3.53. The SMILES string of the molecule is COc1ccc(C(=O)Nc2ccc(OCc3cc(=O)n4nc(C)sc4n3)cc2)cc1. The van der Waals surface area contributed by atoms with Crippen molar-refractivity contribution >= 4 is 27.9 Å². The molecule has 4 rings (SSSR count). The maximum Gasteiger partial charge on any atom is 0.275 e. The van der Waals surface area contributed by atoms with Gasteiger partial charge in [0.25, 0.3) is 11.5 Å². The molecule has 2 heterocycles. The van der Waals surface area contributed by atoms with Crippen LogP contribution in [-0.4, -0.2) is 27.6 Å². The van der Waals surface area contributed by atoms with Gasteiger partial charge in [-0.3, -0.25) is 9.59 Å². The number of hydrogen-bond acceptors (Lipinski definition) is 7. The van der Waals surface area contributed by atoms with E-state index in [1.165, 1.54) is 21.9 Å². The number of nitrogens with one attached hydrogen (secondary N) is 1. The van der Waals surface area contributed by atoms with Crippen LogP contribution in [0.4, 0.5) is 5.69 Å². The second-order valence-corrected chi connectivity index (χ2v) is 7.56. The van der Waals surface area contributed by atoms with Crippen molar-refractivity contribution in [1.29, 1.82) is 0 Å². The van der Waals surface area contributed by atoms with Gasteiger partial charge in [0.05, 0.1) is 12.8 Å². The summed E-state index contributed by atoms with van der Waals surface area (Å²) in [5.74, 6) is 1.07. The van der Waals surface area contributed by atoms with Crippen LogP contribution in [-0.2, 0) is 6.61 Å². The summed E-state index contributed by atoms with van der Waals surface area (Å²) in [6, 6.07) is 15.2. The van der Waals surface area contributed by atoms with Crippen LogP contribution in [0, 0.1) is 6.92 Å². The minimum absolute atomic E-state index is 0.153. The van der Waals surface area contributed by atoms with Crippen molar-refractivity contribution in [2.75, 3.05) is 12.4 Å². The van der Waals surface area contributed by atoms with Gasteiger partial charge in [-0.1, -0.05) is 11.3 Å². The third-order valence-electron chi connectivity index (χ3n) is 4.25. The van der Waals surface area contributed by atoms with Crippen molar-refractivity contribution < 1.29 is 14.3 Å². The maximum atomic E-state index is 12.3. The zero-order valence-electron chi connectivity index (χ0n) is 16.3. The molecule has 4 aromatic rings. The molecule has 0 radical (unpaired) electrons. The van der Waals surface area contributed by atoms with Gasteiger partial charge in [0, 0.05) is 17.3 Å². The normalized spacial score (nSPS) is 10.7. The number of fused-ring (bicyclic) bond motifs is 1. The van der Waals surface area contributed by atoms with Crippen molar-refractivity contribution in [3.63, 3.8) is 0 Å². The lowest BCUT2D eigenvalue weighted by molar-refractivity contribution is 0.102. The minimum Gasteiger partial charge on any atom is -0.497 e. The lowest BCUT2D eigenvalue weighted by Gasteiger charge is -2.08. The maximum absolute atomic E-state index is 12.3. The number of aryl methyl sites for hydroxylation is 1. The Morgan fingerprint density at radius 1 is 1.10 bits per heavy atom. The number of benzene rings is 2. The highest BCUT2D eigenvalue weighted by Gasteiger charge is 2.09. The summed E-state index contributed by atoms with van der Waals surface area (Å²) in [6.07, 6.45) is 0. The van der Waals surface area contributed by atoms with Crippen LogP contribution < -0.4 is 20.3 Å². The standard InChI is InChI=1S/C21H18N4O4S/c1-13-24-25-19(26)11-16(23-21(25)30-13)12-29-18-9-5-15(6-10-18)22-20(27)14-3-7-17(28-2)8-4-14/h3-11H,12H2,1-2H3,(H,22,27). The van der Waals surface area contributed by atoms with Crippen LogP contribution in [0.5, 0.6) is 11.5 Å². The van der Waals surface area contributed by atoms with E-state index >= 15 is 0 Å². The molecule has 2 aromatic heterocycles. The Balaban J connectivity index is 1.38. The molecular formula is C21H18N4O4S. The van der Waals surface area contributed by atoms with Gasteiger partial charge in [-0.15, -0.1) is 0 Å². The van der Waals surface area contributed by atoms with E-state index in [1.807, 2.05) is 6.92 Å². The Bertz CT molecular complexity index is 1250. The van der Waals surface area contributed by atoms with E-state index in [0.717, 1.165) is 5.01 Å². The summed E-state index contributed by atoms with van der Waals surface area (Å²) in [5, 5.41) is 7.71. The van der Waals surface area contributed by atoms with E-state index in [-0.39, 0.29) is 18.1 Å². The number of carbonyl (C=O) groups is 1. The number of anilines is 1.